The summed E-state index contributed by atoms with van der Waals surface area (Å²) in [5, 5.41) is 0. The molecule has 0 aliphatic carbocycles. The van der Waals surface area contributed by atoms with Gasteiger partial charge in [0.1, 0.15) is 22.9 Å². The molecule has 2 aromatic carbocycles. The van der Waals surface area contributed by atoms with Crippen LogP contribution in [0.15, 0.2) is 53.2 Å². The molecule has 0 saturated carbocycles. The summed E-state index contributed by atoms with van der Waals surface area (Å²) in [6.07, 6.45) is 9.72. The van der Waals surface area contributed by atoms with Gasteiger partial charge in [0.15, 0.2) is 0 Å². The largest absolute Gasteiger partial charge is 0.494 e. The Kier molecular flexibility index (Phi) is 8.35. The van der Waals surface area contributed by atoms with E-state index in [1.54, 1.807) is 9.71 Å². The summed E-state index contributed by atoms with van der Waals surface area (Å²) in [5.74, 6) is 1.80. The Morgan fingerprint density at radius 2 is 1.00 bits per heavy atom. The molecule has 0 amide bonds. The number of hydrogen-bond donors (Lipinski definition) is 0. The lowest BCUT2D eigenvalue weighted by atomic mass is 10.2. The predicted octanol–water partition coefficient (Wildman–Crippen LogP) is 6.78. The van der Waals surface area contributed by atoms with Crippen molar-refractivity contribution >= 4 is 0 Å². The van der Waals surface area contributed by atoms with Crippen LogP contribution in [0, 0.1) is 0 Å². The zero-order valence-electron chi connectivity index (χ0n) is 17.8. The Bertz CT molecular complexity index is 729. The summed E-state index contributed by atoms with van der Waals surface area (Å²) >= 11 is 0. The lowest BCUT2D eigenvalue weighted by Crippen LogP contribution is -1.98. The Morgan fingerprint density at radius 1 is 0.586 bits per heavy atom. The van der Waals surface area contributed by atoms with Gasteiger partial charge in [0.05, 0.1) is 13.2 Å². The van der Waals surface area contributed by atoms with Gasteiger partial charge in [-0.1, -0.05) is 62.1 Å². The first-order valence-electron chi connectivity index (χ1n) is 11.1. The average molecular weight is 399 g/mol. The molecule has 0 unspecified atom stereocenters. The molecule has 0 bridgehead atoms. The SMILES string of the molecule is CCCCCCOc1ccc(-n2on2-c2ccc(OCCCCCC)cc2)cc1. The maximum atomic E-state index is 5.80. The van der Waals surface area contributed by atoms with Gasteiger partial charge < -0.3 is 9.47 Å². The molecule has 0 aliphatic rings. The number of hydrogen-bond acceptors (Lipinski definition) is 3. The maximum absolute atomic E-state index is 5.80. The third kappa shape index (κ3) is 6.77. The van der Waals surface area contributed by atoms with Crippen LogP contribution in [0.2, 0.25) is 0 Å². The zero-order valence-corrected chi connectivity index (χ0v) is 17.8. The first-order chi connectivity index (χ1) is 14.3. The number of ether oxygens (including phenoxy) is 2. The molecule has 1 aromatic heterocycles. The molecular formula is C24H34N2O3. The number of aromatic nitrogens is 2. The molecule has 0 aliphatic heterocycles. The molecule has 158 valence electrons. The summed E-state index contributed by atoms with van der Waals surface area (Å²) in [4.78, 5) is 3.51. The molecule has 0 saturated heterocycles. The van der Waals surface area contributed by atoms with Crippen molar-refractivity contribution in [2.75, 3.05) is 13.2 Å². The fourth-order valence-corrected chi connectivity index (χ4v) is 3.14. The highest BCUT2D eigenvalue weighted by Crippen LogP contribution is 2.23. The van der Waals surface area contributed by atoms with Crippen LogP contribution >= 0.6 is 0 Å². The quantitative estimate of drug-likeness (QED) is 0.281. The van der Waals surface area contributed by atoms with Crippen LogP contribution in [0.4, 0.5) is 0 Å². The zero-order chi connectivity index (χ0) is 20.3. The third-order valence-corrected chi connectivity index (χ3v) is 4.94. The highest BCUT2D eigenvalue weighted by Gasteiger charge is 2.15. The normalized spacial score (nSPS) is 11.1. The standard InChI is InChI=1S/C24H34N2O3/c1-3-5-7-9-19-27-23-15-11-21(12-16-23)25-26(29-25)22-13-17-24(18-14-22)28-20-10-8-6-4-2/h11-18H,3-10,19-20H2,1-2H3. The summed E-state index contributed by atoms with van der Waals surface area (Å²) in [6.45, 7) is 5.99. The van der Waals surface area contributed by atoms with Gasteiger partial charge in [-0.25, -0.2) is 4.63 Å². The van der Waals surface area contributed by atoms with Crippen LogP contribution in [0.25, 0.3) is 11.4 Å². The van der Waals surface area contributed by atoms with Crippen LogP contribution in [-0.4, -0.2) is 22.9 Å². The van der Waals surface area contributed by atoms with Crippen LogP contribution in [0.5, 0.6) is 11.5 Å². The first-order valence-corrected chi connectivity index (χ1v) is 11.1. The summed E-state index contributed by atoms with van der Waals surface area (Å²) in [7, 11) is 0. The van der Waals surface area contributed by atoms with E-state index in [1.807, 2.05) is 48.5 Å². The smallest absolute Gasteiger partial charge is 0.119 e. The Balaban J connectivity index is 1.45. The van der Waals surface area contributed by atoms with E-state index in [4.69, 9.17) is 14.1 Å². The summed E-state index contributed by atoms with van der Waals surface area (Å²) < 4.78 is 17.2. The van der Waals surface area contributed by atoms with Gasteiger partial charge in [-0.3, -0.25) is 0 Å². The van der Waals surface area contributed by atoms with Crippen molar-refractivity contribution in [1.29, 1.82) is 0 Å². The van der Waals surface area contributed by atoms with Crippen LogP contribution < -0.4 is 9.47 Å². The van der Waals surface area contributed by atoms with E-state index in [1.165, 1.54) is 38.5 Å². The minimum absolute atomic E-state index is 0.776. The predicted molar refractivity (Wildman–Crippen MR) is 117 cm³/mol. The molecule has 1 heterocycles. The van der Waals surface area contributed by atoms with E-state index in [0.717, 1.165) is 48.9 Å². The van der Waals surface area contributed by atoms with Crippen molar-refractivity contribution in [2.24, 2.45) is 0 Å². The van der Waals surface area contributed by atoms with E-state index >= 15 is 0 Å². The number of rotatable bonds is 14. The first kappa shape index (κ1) is 21.2. The van der Waals surface area contributed by atoms with Gasteiger partial charge in [-0.05, 0) is 61.4 Å². The van der Waals surface area contributed by atoms with Crippen molar-refractivity contribution in [2.45, 2.75) is 65.2 Å². The van der Waals surface area contributed by atoms with Crippen molar-refractivity contribution in [3.05, 3.63) is 48.5 Å². The molecule has 29 heavy (non-hydrogen) atoms. The molecule has 3 aromatic rings. The van der Waals surface area contributed by atoms with E-state index < -0.39 is 0 Å². The Labute approximate surface area is 174 Å². The molecule has 5 heteroatoms. The lowest BCUT2D eigenvalue weighted by molar-refractivity contribution is 0.305. The molecule has 0 fully saturated rings. The number of unbranched alkanes of at least 4 members (excludes halogenated alkanes) is 6. The van der Waals surface area contributed by atoms with Gasteiger partial charge in [0.25, 0.3) is 0 Å². The topological polar surface area (TPSA) is 41.5 Å². The number of nitrogens with zero attached hydrogens (tertiary/aromatic N) is 2. The highest BCUT2D eigenvalue weighted by atomic mass is 16.8. The molecular weight excluding hydrogens is 364 g/mol. The molecule has 0 atom stereocenters. The monoisotopic (exact) mass is 398 g/mol. The fraction of sp³-hybridized carbons (Fsp3) is 0.500. The fourth-order valence-electron chi connectivity index (χ4n) is 3.14. The highest BCUT2D eigenvalue weighted by molar-refractivity contribution is 5.39. The van der Waals surface area contributed by atoms with Gasteiger partial charge in [0.2, 0.25) is 0 Å². The molecule has 0 N–H and O–H groups in total. The van der Waals surface area contributed by atoms with Crippen molar-refractivity contribution in [1.82, 2.24) is 9.71 Å². The summed E-state index contributed by atoms with van der Waals surface area (Å²) in [6, 6.07) is 16.0. The molecule has 5 nitrogen and oxygen atoms in total. The second-order valence-electron chi connectivity index (χ2n) is 7.43. The lowest BCUT2D eigenvalue weighted by Gasteiger charge is -2.06. The van der Waals surface area contributed by atoms with Gasteiger partial charge >= 0.3 is 0 Å². The van der Waals surface area contributed by atoms with Crippen LogP contribution in [-0.2, 0) is 0 Å². The van der Waals surface area contributed by atoms with E-state index in [9.17, 15) is 0 Å². The number of benzene rings is 2. The van der Waals surface area contributed by atoms with Gasteiger partial charge in [-0.15, -0.1) is 0 Å². The molecule has 0 radical (unpaired) electrons. The van der Waals surface area contributed by atoms with E-state index in [0.29, 0.717) is 0 Å². The van der Waals surface area contributed by atoms with Gasteiger partial charge in [0, 0.05) is 0 Å². The summed E-state index contributed by atoms with van der Waals surface area (Å²) in [5.41, 5.74) is 1.94. The van der Waals surface area contributed by atoms with Crippen LogP contribution in [0.1, 0.15) is 65.2 Å². The average Bonchev–Trinajstić information content (AvgIpc) is 3.55. The molecule has 3 rings (SSSR count). The van der Waals surface area contributed by atoms with Gasteiger partial charge in [-0.2, -0.15) is 0 Å². The molecule has 0 spiro atoms. The second-order valence-corrected chi connectivity index (χ2v) is 7.43. The van der Waals surface area contributed by atoms with E-state index in [2.05, 4.69) is 13.8 Å². The maximum Gasteiger partial charge on any atom is 0.119 e. The Morgan fingerprint density at radius 3 is 1.38 bits per heavy atom. The van der Waals surface area contributed by atoms with E-state index in [-0.39, 0.29) is 0 Å². The van der Waals surface area contributed by atoms with Crippen LogP contribution in [0.3, 0.4) is 0 Å². The second kappa shape index (κ2) is 11.4. The van der Waals surface area contributed by atoms with Crippen molar-refractivity contribution in [3.8, 4) is 22.9 Å². The van der Waals surface area contributed by atoms with Crippen molar-refractivity contribution in [3.63, 3.8) is 0 Å². The Hall–Kier alpha value is -2.56. The third-order valence-electron chi connectivity index (χ3n) is 4.94. The minimum Gasteiger partial charge on any atom is -0.494 e. The van der Waals surface area contributed by atoms with Crippen molar-refractivity contribution < 1.29 is 14.1 Å². The minimum atomic E-state index is 0.776.